The predicted octanol–water partition coefficient (Wildman–Crippen LogP) is 4.21. The Hall–Kier alpha value is 0. The molecule has 0 aromatic rings. The summed E-state index contributed by atoms with van der Waals surface area (Å²) >= 11 is 0. The first-order chi connectivity index (χ1) is 5.31. The van der Waals surface area contributed by atoms with E-state index >= 15 is 0 Å². The molecule has 1 unspecified atom stereocenters. The minimum Gasteiger partial charge on any atom is -0.0654 e. The Morgan fingerprint density at radius 3 is 2.27 bits per heavy atom. The van der Waals surface area contributed by atoms with Gasteiger partial charge in [-0.1, -0.05) is 65.7 Å². The summed E-state index contributed by atoms with van der Waals surface area (Å²) in [5, 5.41) is 0. The first-order valence-electron chi connectivity index (χ1n) is 5.10. The molecule has 67 valence electrons. The molecule has 0 saturated carbocycles. The minimum atomic E-state index is 0.844. The van der Waals surface area contributed by atoms with Crippen LogP contribution >= 0.6 is 0 Å². The van der Waals surface area contributed by atoms with Gasteiger partial charge < -0.3 is 0 Å². The van der Waals surface area contributed by atoms with Crippen molar-refractivity contribution >= 4 is 0 Å². The van der Waals surface area contributed by atoms with Crippen molar-refractivity contribution < 1.29 is 0 Å². The fourth-order valence-corrected chi connectivity index (χ4v) is 1.24. The van der Waals surface area contributed by atoms with Crippen molar-refractivity contribution in [2.75, 3.05) is 0 Å². The van der Waals surface area contributed by atoms with Gasteiger partial charge >= 0.3 is 0 Å². The highest BCUT2D eigenvalue weighted by atomic mass is 14.0. The van der Waals surface area contributed by atoms with Gasteiger partial charge in [0.25, 0.3) is 0 Å². The summed E-state index contributed by atoms with van der Waals surface area (Å²) < 4.78 is 0. The van der Waals surface area contributed by atoms with Crippen LogP contribution in [-0.2, 0) is 0 Å². The lowest BCUT2D eigenvalue weighted by atomic mass is 10.0. The van der Waals surface area contributed by atoms with Crippen molar-refractivity contribution in [3.63, 3.8) is 0 Å². The van der Waals surface area contributed by atoms with Crippen molar-refractivity contribution in [3.8, 4) is 0 Å². The van der Waals surface area contributed by atoms with E-state index in [4.69, 9.17) is 0 Å². The maximum Gasteiger partial charge on any atom is -0.0443 e. The van der Waals surface area contributed by atoms with Crippen molar-refractivity contribution in [2.24, 2.45) is 5.92 Å². The van der Waals surface area contributed by atoms with Crippen molar-refractivity contribution in [3.05, 3.63) is 6.92 Å². The zero-order valence-electron chi connectivity index (χ0n) is 8.23. The Kier molecular flexibility index (Phi) is 8.10. The SMILES string of the molecule is [CH2]CC(C)CCCCCCC. The van der Waals surface area contributed by atoms with Crippen LogP contribution in [0.4, 0.5) is 0 Å². The molecule has 0 aromatic carbocycles. The van der Waals surface area contributed by atoms with E-state index in [9.17, 15) is 0 Å². The molecule has 0 aliphatic carbocycles. The number of hydrogen-bond donors (Lipinski definition) is 0. The van der Waals surface area contributed by atoms with Crippen LogP contribution < -0.4 is 0 Å². The molecule has 0 bridgehead atoms. The summed E-state index contributed by atoms with van der Waals surface area (Å²) in [6.45, 7) is 8.46. The minimum absolute atomic E-state index is 0.844. The molecular formula is C11H23. The number of rotatable bonds is 7. The molecular weight excluding hydrogens is 132 g/mol. The molecule has 0 saturated heterocycles. The Balaban J connectivity index is 2.89. The van der Waals surface area contributed by atoms with Crippen molar-refractivity contribution in [2.45, 2.75) is 58.8 Å². The molecule has 0 rings (SSSR count). The molecule has 11 heavy (non-hydrogen) atoms. The third-order valence-corrected chi connectivity index (χ3v) is 2.29. The second-order valence-corrected chi connectivity index (χ2v) is 3.60. The van der Waals surface area contributed by atoms with Crippen molar-refractivity contribution in [1.29, 1.82) is 0 Å². The smallest absolute Gasteiger partial charge is 0.0443 e. The van der Waals surface area contributed by atoms with E-state index in [1.54, 1.807) is 0 Å². The van der Waals surface area contributed by atoms with Crippen LogP contribution in [0, 0.1) is 12.8 Å². The van der Waals surface area contributed by atoms with E-state index in [1.807, 2.05) is 0 Å². The van der Waals surface area contributed by atoms with Crippen molar-refractivity contribution in [1.82, 2.24) is 0 Å². The van der Waals surface area contributed by atoms with Crippen LogP contribution in [0.1, 0.15) is 58.8 Å². The fraction of sp³-hybridized carbons (Fsp3) is 0.909. The van der Waals surface area contributed by atoms with Crippen LogP contribution in [0.15, 0.2) is 0 Å². The molecule has 1 radical (unpaired) electrons. The maximum atomic E-state index is 3.90. The zero-order chi connectivity index (χ0) is 8.53. The lowest BCUT2D eigenvalue weighted by Crippen LogP contribution is -1.91. The van der Waals surface area contributed by atoms with Gasteiger partial charge in [-0.25, -0.2) is 0 Å². The summed E-state index contributed by atoms with van der Waals surface area (Å²) in [6, 6.07) is 0. The lowest BCUT2D eigenvalue weighted by molar-refractivity contribution is 0.489. The molecule has 0 nitrogen and oxygen atoms in total. The van der Waals surface area contributed by atoms with E-state index in [0.29, 0.717) is 0 Å². The van der Waals surface area contributed by atoms with Crippen LogP contribution in [0.3, 0.4) is 0 Å². The van der Waals surface area contributed by atoms with Gasteiger partial charge in [0.15, 0.2) is 0 Å². The van der Waals surface area contributed by atoms with Gasteiger partial charge in [-0.05, 0) is 5.92 Å². The highest BCUT2D eigenvalue weighted by Crippen LogP contribution is 2.13. The van der Waals surface area contributed by atoms with E-state index in [-0.39, 0.29) is 0 Å². The molecule has 1 atom stereocenters. The second kappa shape index (κ2) is 8.10. The normalized spacial score (nSPS) is 13.4. The highest BCUT2D eigenvalue weighted by Gasteiger charge is 1.97. The van der Waals surface area contributed by atoms with Gasteiger partial charge in [-0.15, -0.1) is 0 Å². The van der Waals surface area contributed by atoms with E-state index < -0.39 is 0 Å². The van der Waals surface area contributed by atoms with E-state index in [1.165, 1.54) is 38.5 Å². The van der Waals surface area contributed by atoms with Gasteiger partial charge in [-0.2, -0.15) is 0 Å². The standard InChI is InChI=1S/C11H23/c1-4-6-7-8-9-10-11(3)5-2/h11H,2,4-10H2,1,3H3. The highest BCUT2D eigenvalue weighted by molar-refractivity contribution is 4.54. The van der Waals surface area contributed by atoms with Gasteiger partial charge in [0, 0.05) is 0 Å². The molecule has 0 heteroatoms. The monoisotopic (exact) mass is 155 g/mol. The lowest BCUT2D eigenvalue weighted by Gasteiger charge is -2.06. The van der Waals surface area contributed by atoms with Gasteiger partial charge in [0.2, 0.25) is 0 Å². The largest absolute Gasteiger partial charge is 0.0654 e. The van der Waals surface area contributed by atoms with Crippen LogP contribution in [-0.4, -0.2) is 0 Å². The Labute approximate surface area is 72.4 Å². The Morgan fingerprint density at radius 2 is 1.73 bits per heavy atom. The van der Waals surface area contributed by atoms with Gasteiger partial charge in [0.1, 0.15) is 0 Å². The molecule has 0 spiro atoms. The van der Waals surface area contributed by atoms with Crippen LogP contribution in [0.2, 0.25) is 0 Å². The summed E-state index contributed by atoms with van der Waals surface area (Å²) in [4.78, 5) is 0. The third-order valence-electron chi connectivity index (χ3n) is 2.29. The second-order valence-electron chi connectivity index (χ2n) is 3.60. The summed E-state index contributed by atoms with van der Waals surface area (Å²) in [5.74, 6) is 0.844. The first kappa shape index (κ1) is 11.0. The number of hydrogen-bond acceptors (Lipinski definition) is 0. The molecule has 0 amide bonds. The quantitative estimate of drug-likeness (QED) is 0.483. The molecule has 0 heterocycles. The average molecular weight is 155 g/mol. The molecule has 0 N–H and O–H groups in total. The summed E-state index contributed by atoms with van der Waals surface area (Å²) in [7, 11) is 0. The van der Waals surface area contributed by atoms with Gasteiger partial charge in [-0.3, -0.25) is 0 Å². The predicted molar refractivity (Wildman–Crippen MR) is 52.5 cm³/mol. The molecule has 0 fully saturated rings. The number of unbranched alkanes of at least 4 members (excludes halogenated alkanes) is 4. The Bertz CT molecular complexity index is 66.4. The van der Waals surface area contributed by atoms with Crippen LogP contribution in [0.5, 0.6) is 0 Å². The fourth-order valence-electron chi connectivity index (χ4n) is 1.24. The van der Waals surface area contributed by atoms with Crippen LogP contribution in [0.25, 0.3) is 0 Å². The Morgan fingerprint density at radius 1 is 1.09 bits per heavy atom. The molecule has 0 aliphatic rings. The zero-order valence-corrected chi connectivity index (χ0v) is 8.23. The third kappa shape index (κ3) is 7.90. The molecule has 0 aromatic heterocycles. The first-order valence-corrected chi connectivity index (χ1v) is 5.10. The van der Waals surface area contributed by atoms with Gasteiger partial charge in [0.05, 0.1) is 0 Å². The average Bonchev–Trinajstić information content (AvgIpc) is 2.04. The summed E-state index contributed by atoms with van der Waals surface area (Å²) in [5.41, 5.74) is 0. The van der Waals surface area contributed by atoms with E-state index in [0.717, 1.165) is 12.3 Å². The summed E-state index contributed by atoms with van der Waals surface area (Å²) in [6.07, 6.45) is 9.53. The molecule has 0 aliphatic heterocycles. The van der Waals surface area contributed by atoms with E-state index in [2.05, 4.69) is 20.8 Å². The maximum absolute atomic E-state index is 3.90. The topological polar surface area (TPSA) is 0 Å².